The third-order valence-electron chi connectivity index (χ3n) is 6.36. The lowest BCUT2D eigenvalue weighted by atomic mass is 9.96. The number of halogens is 1. The van der Waals surface area contributed by atoms with Crippen LogP contribution in [0.4, 0.5) is 11.4 Å². The molecule has 0 radical (unpaired) electrons. The van der Waals surface area contributed by atoms with Crippen molar-refractivity contribution in [2.75, 3.05) is 36.4 Å². The minimum Gasteiger partial charge on any atom is -0.478 e. The highest BCUT2D eigenvalue weighted by Crippen LogP contribution is 2.32. The smallest absolute Gasteiger partial charge is 0.337 e. The molecule has 2 N–H and O–H groups in total. The van der Waals surface area contributed by atoms with Crippen molar-refractivity contribution in [3.8, 4) is 0 Å². The second-order valence-electron chi connectivity index (χ2n) is 9.07. The highest BCUT2D eigenvalue weighted by molar-refractivity contribution is 6.30. The molecule has 1 fully saturated rings. The van der Waals surface area contributed by atoms with Crippen molar-refractivity contribution in [3.63, 3.8) is 0 Å². The van der Waals surface area contributed by atoms with Gasteiger partial charge in [0.1, 0.15) is 0 Å². The van der Waals surface area contributed by atoms with Gasteiger partial charge in [0.2, 0.25) is 5.91 Å². The number of carboxylic acid groups (broad SMARTS) is 1. The van der Waals surface area contributed by atoms with Crippen molar-refractivity contribution in [2.45, 2.75) is 19.9 Å². The number of benzene rings is 3. The molecular formula is C28H30ClN3O3. The van der Waals surface area contributed by atoms with Gasteiger partial charge in [-0.1, -0.05) is 67.9 Å². The largest absolute Gasteiger partial charge is 0.478 e. The summed E-state index contributed by atoms with van der Waals surface area (Å²) in [6.07, 6.45) is 0. The average molecular weight is 492 g/mol. The van der Waals surface area contributed by atoms with E-state index in [1.54, 1.807) is 26.0 Å². The van der Waals surface area contributed by atoms with E-state index in [2.05, 4.69) is 51.5 Å². The van der Waals surface area contributed by atoms with Crippen LogP contribution in [-0.2, 0) is 4.79 Å². The number of amides is 1. The summed E-state index contributed by atoms with van der Waals surface area (Å²) >= 11 is 6.14. The Hall–Kier alpha value is -3.35. The number of piperazine rings is 1. The lowest BCUT2D eigenvalue weighted by Crippen LogP contribution is -2.48. The van der Waals surface area contributed by atoms with Crippen molar-refractivity contribution in [3.05, 3.63) is 94.5 Å². The summed E-state index contributed by atoms with van der Waals surface area (Å²) in [5.41, 5.74) is 3.68. The summed E-state index contributed by atoms with van der Waals surface area (Å²) in [5.74, 6) is -1.50. The average Bonchev–Trinajstić information content (AvgIpc) is 2.86. The molecule has 1 saturated heterocycles. The van der Waals surface area contributed by atoms with Gasteiger partial charge in [0.25, 0.3) is 0 Å². The number of aromatic carboxylic acids is 1. The third kappa shape index (κ3) is 5.84. The van der Waals surface area contributed by atoms with Crippen molar-refractivity contribution >= 4 is 34.9 Å². The van der Waals surface area contributed by atoms with Gasteiger partial charge in [-0.3, -0.25) is 9.69 Å². The monoisotopic (exact) mass is 491 g/mol. The summed E-state index contributed by atoms with van der Waals surface area (Å²) in [4.78, 5) is 28.6. The van der Waals surface area contributed by atoms with Gasteiger partial charge in [-0.15, -0.1) is 0 Å². The molecule has 4 rings (SSSR count). The predicted molar refractivity (Wildman–Crippen MR) is 140 cm³/mol. The van der Waals surface area contributed by atoms with Gasteiger partial charge in [0.15, 0.2) is 0 Å². The first kappa shape index (κ1) is 24.8. The van der Waals surface area contributed by atoms with Crippen LogP contribution < -0.4 is 10.2 Å². The van der Waals surface area contributed by atoms with Crippen LogP contribution in [0.25, 0.3) is 0 Å². The van der Waals surface area contributed by atoms with E-state index in [0.29, 0.717) is 10.7 Å². The topological polar surface area (TPSA) is 72.9 Å². The lowest BCUT2D eigenvalue weighted by molar-refractivity contribution is -0.118. The number of anilines is 2. The fourth-order valence-electron chi connectivity index (χ4n) is 4.42. The van der Waals surface area contributed by atoms with Crippen LogP contribution in [0.15, 0.2) is 72.8 Å². The van der Waals surface area contributed by atoms with E-state index in [1.165, 1.54) is 11.1 Å². The number of carbonyl (C=O) groups is 2. The summed E-state index contributed by atoms with van der Waals surface area (Å²) in [6, 6.07) is 23.8. The Bertz CT molecular complexity index is 1170. The molecular weight excluding hydrogens is 462 g/mol. The minimum atomic E-state index is -1.06. The van der Waals surface area contributed by atoms with Crippen molar-refractivity contribution in [1.29, 1.82) is 0 Å². The maximum absolute atomic E-state index is 12.1. The number of nitrogens with zero attached hydrogens (tertiary/aromatic N) is 2. The molecule has 1 aliphatic heterocycles. The summed E-state index contributed by atoms with van der Waals surface area (Å²) in [7, 11) is 0. The molecule has 1 heterocycles. The fraction of sp³-hybridized carbons (Fsp3) is 0.286. The molecule has 0 aromatic heterocycles. The molecule has 0 unspecified atom stereocenters. The number of carbonyl (C=O) groups excluding carboxylic acids is 1. The van der Waals surface area contributed by atoms with Crippen LogP contribution in [0.5, 0.6) is 0 Å². The van der Waals surface area contributed by atoms with Crippen LogP contribution in [0, 0.1) is 5.92 Å². The maximum Gasteiger partial charge on any atom is 0.337 e. The van der Waals surface area contributed by atoms with Gasteiger partial charge < -0.3 is 15.3 Å². The number of nitrogens with one attached hydrogen (secondary N) is 1. The molecule has 3 aromatic carbocycles. The van der Waals surface area contributed by atoms with Gasteiger partial charge >= 0.3 is 5.97 Å². The van der Waals surface area contributed by atoms with Crippen LogP contribution >= 0.6 is 11.6 Å². The first-order valence-corrected chi connectivity index (χ1v) is 12.2. The van der Waals surface area contributed by atoms with E-state index >= 15 is 0 Å². The molecule has 1 atom stereocenters. The number of carboxylic acids is 1. The van der Waals surface area contributed by atoms with Gasteiger partial charge in [-0.25, -0.2) is 4.79 Å². The standard InChI is InChI=1S/C28H30ClN3O3/c1-19(2)27(33)30-25-13-12-23(18-24(25)28(34)35)31-14-16-32(17-15-31)26(20-6-4-3-5-7-20)21-8-10-22(29)11-9-21/h3-13,18-19,26H,14-17H2,1-2H3,(H,30,33)(H,34,35)/t26-/m1/s1. The van der Waals surface area contributed by atoms with Crippen LogP contribution in [0.1, 0.15) is 41.4 Å². The Kier molecular flexibility index (Phi) is 7.73. The highest BCUT2D eigenvalue weighted by Gasteiger charge is 2.27. The third-order valence-corrected chi connectivity index (χ3v) is 6.61. The van der Waals surface area contributed by atoms with E-state index in [9.17, 15) is 14.7 Å². The highest BCUT2D eigenvalue weighted by atomic mass is 35.5. The Balaban J connectivity index is 1.53. The van der Waals surface area contributed by atoms with Crippen LogP contribution in [-0.4, -0.2) is 48.1 Å². The molecule has 0 bridgehead atoms. The molecule has 0 saturated carbocycles. The summed E-state index contributed by atoms with van der Waals surface area (Å²) in [6.45, 7) is 6.70. The molecule has 182 valence electrons. The molecule has 35 heavy (non-hydrogen) atoms. The van der Waals surface area contributed by atoms with Gasteiger partial charge in [0.05, 0.1) is 17.3 Å². The Morgan fingerprint density at radius 1 is 0.886 bits per heavy atom. The molecule has 1 amide bonds. The zero-order valence-electron chi connectivity index (χ0n) is 19.9. The number of hydrogen-bond acceptors (Lipinski definition) is 4. The first-order valence-electron chi connectivity index (χ1n) is 11.8. The van der Waals surface area contributed by atoms with E-state index < -0.39 is 5.97 Å². The minimum absolute atomic E-state index is 0.0993. The summed E-state index contributed by atoms with van der Waals surface area (Å²) < 4.78 is 0. The van der Waals surface area contributed by atoms with E-state index in [-0.39, 0.29) is 23.4 Å². The van der Waals surface area contributed by atoms with E-state index in [0.717, 1.165) is 31.9 Å². The van der Waals surface area contributed by atoms with Gasteiger partial charge in [-0.05, 0) is 41.5 Å². The molecule has 6 nitrogen and oxygen atoms in total. The number of rotatable bonds is 7. The van der Waals surface area contributed by atoms with E-state index in [1.807, 2.05) is 24.3 Å². The Morgan fingerprint density at radius 3 is 2.11 bits per heavy atom. The van der Waals surface area contributed by atoms with Crippen molar-refractivity contribution < 1.29 is 14.7 Å². The zero-order valence-corrected chi connectivity index (χ0v) is 20.7. The Morgan fingerprint density at radius 2 is 1.51 bits per heavy atom. The molecule has 1 aliphatic rings. The van der Waals surface area contributed by atoms with Crippen LogP contribution in [0.2, 0.25) is 5.02 Å². The molecule has 0 spiro atoms. The SMILES string of the molecule is CC(C)C(=O)Nc1ccc(N2CCN([C@H](c3ccccc3)c3ccc(Cl)cc3)CC2)cc1C(=O)O. The van der Waals surface area contributed by atoms with E-state index in [4.69, 9.17) is 11.6 Å². The second-order valence-corrected chi connectivity index (χ2v) is 9.50. The fourth-order valence-corrected chi connectivity index (χ4v) is 4.55. The van der Waals surface area contributed by atoms with Gasteiger partial charge in [0, 0.05) is 42.8 Å². The van der Waals surface area contributed by atoms with Crippen molar-refractivity contribution in [1.82, 2.24) is 4.90 Å². The first-order chi connectivity index (χ1) is 16.8. The number of hydrogen-bond donors (Lipinski definition) is 2. The lowest BCUT2D eigenvalue weighted by Gasteiger charge is -2.40. The quantitative estimate of drug-likeness (QED) is 0.453. The second kappa shape index (κ2) is 10.9. The summed E-state index contributed by atoms with van der Waals surface area (Å²) in [5, 5.41) is 13.2. The Labute approximate surface area is 211 Å². The predicted octanol–water partition coefficient (Wildman–Crippen LogP) is 5.54. The van der Waals surface area contributed by atoms with Crippen LogP contribution in [0.3, 0.4) is 0 Å². The normalized spacial score (nSPS) is 15.1. The van der Waals surface area contributed by atoms with Crippen molar-refractivity contribution in [2.24, 2.45) is 5.92 Å². The molecule has 3 aromatic rings. The maximum atomic E-state index is 12.1. The molecule has 0 aliphatic carbocycles. The molecule has 7 heteroatoms. The van der Waals surface area contributed by atoms with Gasteiger partial charge in [-0.2, -0.15) is 0 Å². The zero-order chi connectivity index (χ0) is 24.9.